The predicted molar refractivity (Wildman–Crippen MR) is 173 cm³/mol. The van der Waals surface area contributed by atoms with Crippen molar-refractivity contribution < 1.29 is 9.59 Å². The number of benzene rings is 2. The molecule has 1 N–H and O–H groups in total. The average molecular weight is 599 g/mol. The van der Waals surface area contributed by atoms with Gasteiger partial charge in [0.1, 0.15) is 5.01 Å². The quantitative estimate of drug-likeness (QED) is 0.283. The molecule has 2 amide bonds. The van der Waals surface area contributed by atoms with Crippen LogP contribution in [0.4, 0.5) is 0 Å². The highest BCUT2D eigenvalue weighted by Crippen LogP contribution is 2.39. The highest BCUT2D eigenvalue weighted by atomic mass is 32.1. The number of likely N-dealkylation sites (tertiary alicyclic amines) is 1. The molecule has 0 radical (unpaired) electrons. The van der Waals surface area contributed by atoms with Gasteiger partial charge in [-0.15, -0.1) is 11.3 Å². The monoisotopic (exact) mass is 598 g/mol. The van der Waals surface area contributed by atoms with Crippen LogP contribution in [0.3, 0.4) is 0 Å². The van der Waals surface area contributed by atoms with Crippen molar-refractivity contribution in [3.8, 4) is 0 Å². The van der Waals surface area contributed by atoms with Gasteiger partial charge in [-0.05, 0) is 88.5 Å². The summed E-state index contributed by atoms with van der Waals surface area (Å²) in [6.07, 6.45) is 8.42. The molecule has 1 saturated heterocycles. The largest absolute Gasteiger partial charge is 0.347 e. The normalized spacial score (nSPS) is 22.2. The van der Waals surface area contributed by atoms with Gasteiger partial charge in [0.15, 0.2) is 0 Å². The molecule has 3 atom stereocenters. The Morgan fingerprint density at radius 1 is 0.930 bits per heavy atom. The van der Waals surface area contributed by atoms with E-state index in [9.17, 15) is 9.59 Å². The number of amides is 2. The Morgan fingerprint density at radius 2 is 1.60 bits per heavy atom. The zero-order chi connectivity index (χ0) is 29.9. The molecule has 2 unspecified atom stereocenters. The van der Waals surface area contributed by atoms with Crippen LogP contribution >= 0.6 is 11.3 Å². The van der Waals surface area contributed by atoms with Crippen LogP contribution in [0.15, 0.2) is 54.6 Å². The van der Waals surface area contributed by atoms with E-state index in [1.54, 1.807) is 11.3 Å². The third-order valence-corrected chi connectivity index (χ3v) is 11.1. The number of hydrogen-bond acceptors (Lipinski definition) is 5. The van der Waals surface area contributed by atoms with Gasteiger partial charge in [-0.1, -0.05) is 55.3 Å². The number of nitrogens with one attached hydrogen (secondary N) is 1. The van der Waals surface area contributed by atoms with Crippen molar-refractivity contribution in [3.05, 3.63) is 86.9 Å². The maximum Gasteiger partial charge on any atom is 0.254 e. The topological polar surface area (TPSA) is 65.5 Å². The molecule has 2 saturated carbocycles. The first-order chi connectivity index (χ1) is 20.9. The van der Waals surface area contributed by atoms with Crippen molar-refractivity contribution in [2.45, 2.75) is 103 Å². The fourth-order valence-corrected chi connectivity index (χ4v) is 8.04. The van der Waals surface area contributed by atoms with E-state index < -0.39 is 0 Å². The minimum Gasteiger partial charge on any atom is -0.347 e. The van der Waals surface area contributed by atoms with Crippen LogP contribution < -0.4 is 5.32 Å². The Kier molecular flexibility index (Phi) is 9.29. The first-order valence-electron chi connectivity index (χ1n) is 16.3. The predicted octanol–water partition coefficient (Wildman–Crippen LogP) is 7.18. The van der Waals surface area contributed by atoms with Gasteiger partial charge in [0, 0.05) is 48.1 Å². The third-order valence-electron chi connectivity index (χ3n) is 9.84. The summed E-state index contributed by atoms with van der Waals surface area (Å²) >= 11 is 1.67. The van der Waals surface area contributed by atoms with Crippen molar-refractivity contribution in [3.63, 3.8) is 0 Å². The van der Waals surface area contributed by atoms with Crippen LogP contribution in [0.1, 0.15) is 107 Å². The average Bonchev–Trinajstić information content (AvgIpc) is 3.81. The maximum absolute atomic E-state index is 13.9. The van der Waals surface area contributed by atoms with Crippen LogP contribution in [0, 0.1) is 19.8 Å². The summed E-state index contributed by atoms with van der Waals surface area (Å²) in [4.78, 5) is 38.0. The van der Waals surface area contributed by atoms with Gasteiger partial charge in [0.25, 0.3) is 5.91 Å². The number of hydrogen-bond donors (Lipinski definition) is 1. The fraction of sp³-hybridized carbons (Fsp3) is 0.528. The lowest BCUT2D eigenvalue weighted by atomic mass is 9.75. The van der Waals surface area contributed by atoms with Gasteiger partial charge in [-0.2, -0.15) is 0 Å². The molecule has 3 fully saturated rings. The van der Waals surface area contributed by atoms with E-state index in [-0.39, 0.29) is 29.7 Å². The molecule has 6 nitrogen and oxygen atoms in total. The number of aromatic nitrogens is 1. The number of carbonyl (C=O) groups excluding carboxylic acids is 2. The van der Waals surface area contributed by atoms with Gasteiger partial charge < -0.3 is 10.2 Å². The number of carbonyl (C=O) groups is 2. The smallest absolute Gasteiger partial charge is 0.254 e. The lowest BCUT2D eigenvalue weighted by Crippen LogP contribution is -2.48. The molecule has 1 aromatic heterocycles. The van der Waals surface area contributed by atoms with Crippen LogP contribution in [-0.2, 0) is 11.3 Å². The molecule has 228 valence electrons. The van der Waals surface area contributed by atoms with E-state index in [1.165, 1.54) is 16.0 Å². The van der Waals surface area contributed by atoms with Crippen LogP contribution in [0.5, 0.6) is 0 Å². The van der Waals surface area contributed by atoms with Crippen LogP contribution in [-0.4, -0.2) is 51.8 Å². The van der Waals surface area contributed by atoms with E-state index in [1.807, 2.05) is 26.0 Å². The Morgan fingerprint density at radius 3 is 2.26 bits per heavy atom. The van der Waals surface area contributed by atoms with Gasteiger partial charge in [-0.25, -0.2) is 4.98 Å². The van der Waals surface area contributed by atoms with Crippen molar-refractivity contribution in [2.75, 3.05) is 13.1 Å². The fourth-order valence-electron chi connectivity index (χ4n) is 7.11. The number of aryl methyl sites for hydroxylation is 2. The van der Waals surface area contributed by atoms with Crippen molar-refractivity contribution in [2.24, 2.45) is 5.92 Å². The van der Waals surface area contributed by atoms with Crippen LogP contribution in [0.25, 0.3) is 0 Å². The Labute approximate surface area is 260 Å². The van der Waals surface area contributed by atoms with E-state index in [0.717, 1.165) is 87.3 Å². The molecule has 3 aromatic rings. The summed E-state index contributed by atoms with van der Waals surface area (Å²) < 4.78 is 0. The summed E-state index contributed by atoms with van der Waals surface area (Å²) in [6, 6.07) is 19.6. The molecule has 1 aliphatic heterocycles. The molecular weight excluding hydrogens is 552 g/mol. The second-order valence-electron chi connectivity index (χ2n) is 13.0. The third kappa shape index (κ3) is 7.04. The van der Waals surface area contributed by atoms with Crippen LogP contribution in [0.2, 0.25) is 0 Å². The minimum atomic E-state index is -0.0916. The Hall–Kier alpha value is -3.03. The number of thiazole rings is 1. The maximum atomic E-state index is 13.9. The zero-order valence-electron chi connectivity index (χ0n) is 25.9. The Bertz CT molecular complexity index is 1370. The lowest BCUT2D eigenvalue weighted by molar-refractivity contribution is -0.127. The van der Waals surface area contributed by atoms with E-state index in [0.29, 0.717) is 12.1 Å². The summed E-state index contributed by atoms with van der Waals surface area (Å²) in [5, 5.41) is 4.24. The number of rotatable bonds is 9. The molecule has 0 bridgehead atoms. The van der Waals surface area contributed by atoms with E-state index >= 15 is 0 Å². The highest BCUT2D eigenvalue weighted by molar-refractivity contribution is 7.11. The van der Waals surface area contributed by atoms with Gasteiger partial charge in [0.05, 0.1) is 11.7 Å². The molecule has 2 aliphatic carbocycles. The SMILES string of the molecule is Cc1nc(C(C)NC(=O)C2CCCC[C@@H]2c2ccc(C(=O)N(C3CC3)C3CCN(Cc4ccccc4)CC3)cc2)sc1C. The standard InChI is InChI=1S/C36H46N4O2S/c1-24-26(3)43-35(38-24)25(2)37-34(41)33-12-8-7-11-32(33)28-13-15-29(16-14-28)36(42)40(30-17-18-30)31-19-21-39(22-20-31)23-27-9-5-4-6-10-27/h4-6,9-10,13-16,25,30-33H,7-8,11-12,17-23H2,1-3H3,(H,37,41)/t25?,32-,33?/m1/s1. The van der Waals surface area contributed by atoms with Crippen molar-refractivity contribution >= 4 is 23.2 Å². The molecular formula is C36H46N4O2S. The molecule has 2 aromatic carbocycles. The van der Waals surface area contributed by atoms with Gasteiger partial charge in [0.2, 0.25) is 5.91 Å². The van der Waals surface area contributed by atoms with E-state index in [4.69, 9.17) is 0 Å². The summed E-state index contributed by atoms with van der Waals surface area (Å²) in [7, 11) is 0. The molecule has 3 aliphatic rings. The van der Waals surface area contributed by atoms with Crippen molar-refractivity contribution in [1.29, 1.82) is 0 Å². The molecule has 6 rings (SSSR count). The van der Waals surface area contributed by atoms with Gasteiger partial charge >= 0.3 is 0 Å². The first-order valence-corrected chi connectivity index (χ1v) is 17.1. The summed E-state index contributed by atoms with van der Waals surface area (Å²) in [6.45, 7) is 9.18. The molecule has 43 heavy (non-hydrogen) atoms. The zero-order valence-corrected chi connectivity index (χ0v) is 26.7. The van der Waals surface area contributed by atoms with Crippen molar-refractivity contribution in [1.82, 2.24) is 20.1 Å². The highest BCUT2D eigenvalue weighted by Gasteiger charge is 2.39. The molecule has 2 heterocycles. The van der Waals surface area contributed by atoms with Gasteiger partial charge in [-0.3, -0.25) is 14.5 Å². The minimum absolute atomic E-state index is 0.0519. The molecule has 0 spiro atoms. The first kappa shape index (κ1) is 30.0. The lowest BCUT2D eigenvalue weighted by Gasteiger charge is -2.39. The summed E-state index contributed by atoms with van der Waals surface area (Å²) in [5.74, 6) is 0.431. The second-order valence-corrected chi connectivity index (χ2v) is 14.2. The number of nitrogens with zero attached hydrogens (tertiary/aromatic N) is 3. The molecule has 7 heteroatoms. The van der Waals surface area contributed by atoms with E-state index in [2.05, 4.69) is 69.5 Å². The number of piperidine rings is 1. The second kappa shape index (κ2) is 13.3. The Balaban J connectivity index is 1.09. The summed E-state index contributed by atoms with van der Waals surface area (Å²) in [5.41, 5.74) is 4.35.